The van der Waals surface area contributed by atoms with Crippen LogP contribution in [0, 0.1) is 6.92 Å². The fourth-order valence-electron chi connectivity index (χ4n) is 3.94. The van der Waals surface area contributed by atoms with Crippen LogP contribution in [0.2, 0.25) is 0 Å². The van der Waals surface area contributed by atoms with Gasteiger partial charge < -0.3 is 14.8 Å². The molecular weight excluding hydrogens is 372 g/mol. The molecule has 4 rings (SSSR count). The Labute approximate surface area is 178 Å². The van der Waals surface area contributed by atoms with E-state index in [1.54, 1.807) is 0 Å². The van der Waals surface area contributed by atoms with Crippen molar-refractivity contribution in [1.29, 1.82) is 0 Å². The lowest BCUT2D eigenvalue weighted by Crippen LogP contribution is -2.41. The molecule has 1 aromatic heterocycles. The van der Waals surface area contributed by atoms with E-state index in [2.05, 4.69) is 81.9 Å². The van der Waals surface area contributed by atoms with E-state index in [4.69, 9.17) is 4.99 Å². The summed E-state index contributed by atoms with van der Waals surface area (Å²) in [5.41, 5.74) is 2.65. The Morgan fingerprint density at radius 1 is 1.10 bits per heavy atom. The summed E-state index contributed by atoms with van der Waals surface area (Å²) in [6.45, 7) is 6.61. The van der Waals surface area contributed by atoms with Gasteiger partial charge in [-0.05, 0) is 31.4 Å². The maximum absolute atomic E-state index is 4.95. The van der Waals surface area contributed by atoms with Crippen LogP contribution in [0.1, 0.15) is 48.1 Å². The number of hydrogen-bond donors (Lipinski definition) is 1. The van der Waals surface area contributed by atoms with Crippen molar-refractivity contribution >= 4 is 5.96 Å². The molecule has 2 unspecified atom stereocenters. The topological polar surface area (TPSA) is 58.3 Å². The Morgan fingerprint density at radius 2 is 1.80 bits per heavy atom. The lowest BCUT2D eigenvalue weighted by atomic mass is 9.99. The fourth-order valence-corrected chi connectivity index (χ4v) is 3.94. The Kier molecular flexibility index (Phi) is 6.12. The molecule has 1 aliphatic heterocycles. The molecule has 6 nitrogen and oxygen atoms in total. The van der Waals surface area contributed by atoms with Gasteiger partial charge in [0.1, 0.15) is 12.4 Å². The number of aryl methyl sites for hydroxylation is 1. The van der Waals surface area contributed by atoms with Crippen molar-refractivity contribution in [2.45, 2.75) is 38.8 Å². The molecule has 2 heterocycles. The third kappa shape index (κ3) is 4.53. The van der Waals surface area contributed by atoms with Gasteiger partial charge in [-0.3, -0.25) is 0 Å². The molecule has 6 heteroatoms. The fraction of sp³-hybridized carbons (Fsp3) is 0.375. The van der Waals surface area contributed by atoms with Gasteiger partial charge in [0.05, 0.1) is 6.04 Å². The lowest BCUT2D eigenvalue weighted by Gasteiger charge is -2.26. The second kappa shape index (κ2) is 9.11. The molecule has 0 radical (unpaired) electrons. The van der Waals surface area contributed by atoms with Crippen molar-refractivity contribution in [3.63, 3.8) is 0 Å². The standard InChI is InChI=1S/C24H30N6/c1-18(20-10-6-4-7-11-20)26-24(25-16-23-28-27-19(2)29(23)3)30-15-14-22(17-30)21-12-8-5-9-13-21/h4-13,18,22H,14-17H2,1-3H3,(H,25,26). The minimum absolute atomic E-state index is 0.168. The number of benzene rings is 2. The molecule has 0 amide bonds. The van der Waals surface area contributed by atoms with Gasteiger partial charge in [-0.1, -0.05) is 60.7 Å². The highest BCUT2D eigenvalue weighted by Crippen LogP contribution is 2.27. The molecular formula is C24H30N6. The average Bonchev–Trinajstić information content (AvgIpc) is 3.40. The summed E-state index contributed by atoms with van der Waals surface area (Å²) in [7, 11) is 1.99. The van der Waals surface area contributed by atoms with Crippen LogP contribution >= 0.6 is 0 Å². The maximum Gasteiger partial charge on any atom is 0.194 e. The number of nitrogens with zero attached hydrogens (tertiary/aromatic N) is 5. The van der Waals surface area contributed by atoms with E-state index in [1.807, 2.05) is 24.6 Å². The summed E-state index contributed by atoms with van der Waals surface area (Å²) in [6.07, 6.45) is 1.13. The van der Waals surface area contributed by atoms with Crippen molar-refractivity contribution in [2.75, 3.05) is 13.1 Å². The molecule has 0 saturated carbocycles. The van der Waals surface area contributed by atoms with Gasteiger partial charge in [-0.25, -0.2) is 4.99 Å². The number of guanidine groups is 1. The normalized spacial score (nSPS) is 17.9. The Hall–Kier alpha value is -3.15. The van der Waals surface area contributed by atoms with Crippen LogP contribution in [0.5, 0.6) is 0 Å². The highest BCUT2D eigenvalue weighted by atomic mass is 15.3. The first-order valence-corrected chi connectivity index (χ1v) is 10.6. The quantitative estimate of drug-likeness (QED) is 0.521. The first kappa shape index (κ1) is 20.1. The monoisotopic (exact) mass is 402 g/mol. The molecule has 0 bridgehead atoms. The molecule has 2 aromatic carbocycles. The molecule has 3 aromatic rings. The van der Waals surface area contributed by atoms with Crippen LogP contribution in [0.15, 0.2) is 65.7 Å². The van der Waals surface area contributed by atoms with Crippen LogP contribution < -0.4 is 5.32 Å². The summed E-state index contributed by atoms with van der Waals surface area (Å²) >= 11 is 0. The third-order valence-electron chi connectivity index (χ3n) is 5.96. The number of aromatic nitrogens is 3. The van der Waals surface area contributed by atoms with E-state index in [9.17, 15) is 0 Å². The van der Waals surface area contributed by atoms with Gasteiger partial charge >= 0.3 is 0 Å². The van der Waals surface area contributed by atoms with Crippen molar-refractivity contribution in [1.82, 2.24) is 25.0 Å². The minimum Gasteiger partial charge on any atom is -0.350 e. The smallest absolute Gasteiger partial charge is 0.194 e. The summed E-state index contributed by atoms with van der Waals surface area (Å²) in [4.78, 5) is 7.33. The lowest BCUT2D eigenvalue weighted by molar-refractivity contribution is 0.471. The van der Waals surface area contributed by atoms with Crippen LogP contribution in [-0.4, -0.2) is 38.7 Å². The van der Waals surface area contributed by atoms with Crippen molar-refractivity contribution < 1.29 is 0 Å². The van der Waals surface area contributed by atoms with E-state index in [1.165, 1.54) is 11.1 Å². The second-order valence-electron chi connectivity index (χ2n) is 7.98. The van der Waals surface area contributed by atoms with Crippen molar-refractivity contribution in [3.8, 4) is 0 Å². The first-order valence-electron chi connectivity index (χ1n) is 10.6. The van der Waals surface area contributed by atoms with Crippen molar-refractivity contribution in [3.05, 3.63) is 83.4 Å². The number of aliphatic imine (C=N–C) groups is 1. The van der Waals surface area contributed by atoms with E-state index < -0.39 is 0 Å². The van der Waals surface area contributed by atoms with Crippen LogP contribution in [-0.2, 0) is 13.6 Å². The maximum atomic E-state index is 4.95. The molecule has 1 N–H and O–H groups in total. The molecule has 0 spiro atoms. The highest BCUT2D eigenvalue weighted by molar-refractivity contribution is 5.80. The Bertz CT molecular complexity index is 979. The van der Waals surface area contributed by atoms with Gasteiger partial charge in [0.25, 0.3) is 0 Å². The van der Waals surface area contributed by atoms with Gasteiger partial charge in [0, 0.05) is 26.1 Å². The average molecular weight is 403 g/mol. The van der Waals surface area contributed by atoms with Crippen LogP contribution in [0.25, 0.3) is 0 Å². The number of hydrogen-bond acceptors (Lipinski definition) is 3. The third-order valence-corrected chi connectivity index (χ3v) is 5.96. The van der Waals surface area contributed by atoms with Gasteiger partial charge in [-0.2, -0.15) is 0 Å². The van der Waals surface area contributed by atoms with E-state index in [0.29, 0.717) is 12.5 Å². The van der Waals surface area contributed by atoms with Gasteiger partial charge in [-0.15, -0.1) is 10.2 Å². The molecule has 1 aliphatic rings. The molecule has 30 heavy (non-hydrogen) atoms. The zero-order chi connectivity index (χ0) is 20.9. The summed E-state index contributed by atoms with van der Waals surface area (Å²) < 4.78 is 2.00. The van der Waals surface area contributed by atoms with Gasteiger partial charge in [0.2, 0.25) is 0 Å². The Morgan fingerprint density at radius 3 is 2.47 bits per heavy atom. The van der Waals surface area contributed by atoms with Gasteiger partial charge in [0.15, 0.2) is 11.8 Å². The second-order valence-corrected chi connectivity index (χ2v) is 7.98. The molecule has 2 atom stereocenters. The summed E-state index contributed by atoms with van der Waals surface area (Å²) in [6, 6.07) is 21.5. The van der Waals surface area contributed by atoms with Crippen LogP contribution in [0.4, 0.5) is 0 Å². The first-order chi connectivity index (χ1) is 14.6. The van der Waals surface area contributed by atoms with E-state index >= 15 is 0 Å². The number of rotatable bonds is 5. The van der Waals surface area contributed by atoms with E-state index in [-0.39, 0.29) is 6.04 Å². The number of likely N-dealkylation sites (tertiary alicyclic amines) is 1. The predicted molar refractivity (Wildman–Crippen MR) is 120 cm³/mol. The summed E-state index contributed by atoms with van der Waals surface area (Å²) in [5.74, 6) is 3.24. The minimum atomic E-state index is 0.168. The molecule has 156 valence electrons. The SMILES string of the molecule is Cc1nnc(CN=C(NC(C)c2ccccc2)N2CCC(c3ccccc3)C2)n1C. The zero-order valence-electron chi connectivity index (χ0n) is 18.0. The molecule has 1 fully saturated rings. The molecule has 0 aliphatic carbocycles. The molecule has 1 saturated heterocycles. The zero-order valence-corrected chi connectivity index (χ0v) is 18.0. The summed E-state index contributed by atoms with van der Waals surface area (Å²) in [5, 5.41) is 12.1. The predicted octanol–water partition coefficient (Wildman–Crippen LogP) is 3.82. The van der Waals surface area contributed by atoms with Crippen molar-refractivity contribution in [2.24, 2.45) is 12.0 Å². The van der Waals surface area contributed by atoms with Crippen LogP contribution in [0.3, 0.4) is 0 Å². The Balaban J connectivity index is 1.54. The largest absolute Gasteiger partial charge is 0.350 e. The highest BCUT2D eigenvalue weighted by Gasteiger charge is 2.27. The number of nitrogens with one attached hydrogen (secondary N) is 1. The van der Waals surface area contributed by atoms with E-state index in [0.717, 1.165) is 37.1 Å².